The van der Waals surface area contributed by atoms with Gasteiger partial charge in [-0.1, -0.05) is 71.1 Å². The van der Waals surface area contributed by atoms with Crippen molar-refractivity contribution in [2.24, 2.45) is 0 Å². The van der Waals surface area contributed by atoms with Crippen LogP contribution in [0.3, 0.4) is 0 Å². The van der Waals surface area contributed by atoms with E-state index in [1.54, 1.807) is 7.05 Å². The van der Waals surface area contributed by atoms with Crippen LogP contribution < -0.4 is 5.32 Å². The van der Waals surface area contributed by atoms with Crippen molar-refractivity contribution in [1.29, 1.82) is 0 Å². The van der Waals surface area contributed by atoms with Gasteiger partial charge < -0.3 is 10.1 Å². The Hall–Kier alpha value is 0.360. The van der Waals surface area contributed by atoms with Gasteiger partial charge in [-0.2, -0.15) is 0 Å². The van der Waals surface area contributed by atoms with Gasteiger partial charge >= 0.3 is 11.9 Å². The first kappa shape index (κ1) is 24.6. The van der Waals surface area contributed by atoms with E-state index in [0.29, 0.717) is 6.42 Å². The van der Waals surface area contributed by atoms with E-state index < -0.39 is 11.9 Å². The van der Waals surface area contributed by atoms with Gasteiger partial charge in [0.15, 0.2) is 0 Å². The van der Waals surface area contributed by atoms with Gasteiger partial charge in [-0.3, -0.25) is 9.59 Å². The third-order valence-electron chi connectivity index (χ3n) is 3.53. The van der Waals surface area contributed by atoms with Crippen LogP contribution in [-0.4, -0.2) is 63.3 Å². The maximum Gasteiger partial charge on any atom is 0.327 e. The van der Waals surface area contributed by atoms with Crippen molar-refractivity contribution in [3.8, 4) is 0 Å². The molecule has 0 aromatic heterocycles. The van der Waals surface area contributed by atoms with Crippen LogP contribution in [-0.2, 0) is 14.3 Å². The quantitative estimate of drug-likeness (QED) is 0.227. The summed E-state index contributed by atoms with van der Waals surface area (Å²) < 4.78 is 4.64. The number of carbonyl (C=O) groups excluding carboxylic acids is 2. The first-order chi connectivity index (χ1) is 10.2. The van der Waals surface area contributed by atoms with Crippen LogP contribution in [0, 0.1) is 0 Å². The second kappa shape index (κ2) is 19.4. The summed E-state index contributed by atoms with van der Waals surface area (Å²) in [7, 11) is 1.65. The smallest absolute Gasteiger partial charge is 0.327 e. The van der Waals surface area contributed by atoms with Gasteiger partial charge in [0.05, 0.1) is 6.54 Å². The molecule has 0 saturated heterocycles. The Kier molecular flexibility index (Phi) is 21.7. The molecule has 126 valence electrons. The predicted octanol–water partition coefficient (Wildman–Crippen LogP) is 3.60. The molecule has 0 spiro atoms. The number of ether oxygens (including phenoxy) is 1. The van der Waals surface area contributed by atoms with E-state index in [4.69, 9.17) is 0 Å². The van der Waals surface area contributed by atoms with Crippen LogP contribution >= 0.6 is 0 Å². The maximum atomic E-state index is 11.3. The second-order valence-electron chi connectivity index (χ2n) is 5.66. The third-order valence-corrected chi connectivity index (χ3v) is 3.53. The molecule has 0 amide bonds. The molecular weight excluding hydrogens is 306 g/mol. The zero-order chi connectivity index (χ0) is 15.8. The fourth-order valence-corrected chi connectivity index (χ4v) is 2.29. The summed E-state index contributed by atoms with van der Waals surface area (Å²) >= 11 is 0. The molecule has 2 radical (unpaired) electrons. The molecule has 0 aliphatic heterocycles. The number of unbranched alkanes of at least 4 members (excludes halogenated alkanes) is 10. The number of nitrogens with one attached hydrogen (secondary N) is 1. The molecule has 0 atom stereocenters. The van der Waals surface area contributed by atoms with Crippen LogP contribution in [0.4, 0.5) is 0 Å². The Morgan fingerprint density at radius 3 is 1.68 bits per heavy atom. The van der Waals surface area contributed by atoms with Crippen LogP contribution in [0.2, 0.25) is 0 Å². The van der Waals surface area contributed by atoms with Crippen molar-refractivity contribution in [1.82, 2.24) is 5.32 Å². The number of likely N-dealkylation sites (N-methyl/N-ethyl adjacent to an activating group) is 1. The van der Waals surface area contributed by atoms with E-state index in [0.717, 1.165) is 12.8 Å². The van der Waals surface area contributed by atoms with Gasteiger partial charge in [-0.15, -0.1) is 0 Å². The summed E-state index contributed by atoms with van der Waals surface area (Å²) in [5.41, 5.74) is 0. The Morgan fingerprint density at radius 1 is 0.773 bits per heavy atom. The SMILES string of the molecule is CCCCCCCCCCCCCC(=O)OC(=O)CNC.[Ca]. The Morgan fingerprint density at radius 2 is 1.23 bits per heavy atom. The summed E-state index contributed by atoms with van der Waals surface area (Å²) in [5, 5.41) is 2.66. The van der Waals surface area contributed by atoms with E-state index in [9.17, 15) is 9.59 Å². The van der Waals surface area contributed by atoms with Crippen LogP contribution in [0.5, 0.6) is 0 Å². The van der Waals surface area contributed by atoms with Crippen molar-refractivity contribution < 1.29 is 14.3 Å². The number of carbonyl (C=O) groups is 2. The minimum absolute atomic E-state index is 0. The summed E-state index contributed by atoms with van der Waals surface area (Å²) in [6.07, 6.45) is 14.1. The standard InChI is InChI=1S/C17H33NO3.Ca/c1-3-4-5-6-7-8-9-10-11-12-13-14-16(19)21-17(20)15-18-2;/h18H,3-15H2,1-2H3;. The van der Waals surface area contributed by atoms with E-state index in [1.807, 2.05) is 0 Å². The van der Waals surface area contributed by atoms with Crippen molar-refractivity contribution in [3.63, 3.8) is 0 Å². The second-order valence-corrected chi connectivity index (χ2v) is 5.66. The van der Waals surface area contributed by atoms with Gasteiger partial charge in [-0.05, 0) is 13.5 Å². The maximum absolute atomic E-state index is 11.3. The van der Waals surface area contributed by atoms with Gasteiger partial charge in [-0.25, -0.2) is 0 Å². The van der Waals surface area contributed by atoms with Crippen molar-refractivity contribution in [2.45, 2.75) is 84.0 Å². The van der Waals surface area contributed by atoms with Crippen LogP contribution in [0.1, 0.15) is 84.0 Å². The summed E-state index contributed by atoms with van der Waals surface area (Å²) in [5.74, 6) is -0.892. The van der Waals surface area contributed by atoms with Gasteiger partial charge in [0.1, 0.15) is 0 Å². The first-order valence-corrected chi connectivity index (χ1v) is 8.58. The molecule has 0 bridgehead atoms. The van der Waals surface area contributed by atoms with Gasteiger partial charge in [0.25, 0.3) is 0 Å². The number of esters is 2. The van der Waals surface area contributed by atoms with E-state index >= 15 is 0 Å². The zero-order valence-electron chi connectivity index (χ0n) is 14.6. The van der Waals surface area contributed by atoms with Gasteiger partial charge in [0.2, 0.25) is 0 Å². The number of hydrogen-bond acceptors (Lipinski definition) is 4. The molecule has 0 aromatic carbocycles. The average molecular weight is 340 g/mol. The van der Waals surface area contributed by atoms with Crippen LogP contribution in [0.25, 0.3) is 0 Å². The zero-order valence-corrected chi connectivity index (χ0v) is 16.8. The molecule has 1 N–H and O–H groups in total. The minimum Gasteiger partial charge on any atom is -0.392 e. The fourth-order valence-electron chi connectivity index (χ4n) is 2.29. The predicted molar refractivity (Wildman–Crippen MR) is 91.9 cm³/mol. The summed E-state index contributed by atoms with van der Waals surface area (Å²) in [6.45, 7) is 2.33. The molecule has 0 saturated carbocycles. The molecule has 0 unspecified atom stereocenters. The van der Waals surface area contributed by atoms with Crippen molar-refractivity contribution >= 4 is 49.7 Å². The molecule has 0 aliphatic carbocycles. The van der Waals surface area contributed by atoms with E-state index in [2.05, 4.69) is 17.0 Å². The topological polar surface area (TPSA) is 55.4 Å². The Bertz CT molecular complexity index is 273. The normalized spacial score (nSPS) is 10.1. The summed E-state index contributed by atoms with van der Waals surface area (Å²) in [4.78, 5) is 22.4. The number of hydrogen-bond donors (Lipinski definition) is 1. The largest absolute Gasteiger partial charge is 0.392 e. The first-order valence-electron chi connectivity index (χ1n) is 8.58. The van der Waals surface area contributed by atoms with Crippen molar-refractivity contribution in [2.75, 3.05) is 13.6 Å². The average Bonchev–Trinajstić information content (AvgIpc) is 2.45. The van der Waals surface area contributed by atoms with Crippen LogP contribution in [0.15, 0.2) is 0 Å². The Balaban J connectivity index is 0. The molecule has 0 heterocycles. The minimum atomic E-state index is -0.495. The van der Waals surface area contributed by atoms with E-state index in [1.165, 1.54) is 57.8 Å². The molecule has 0 aliphatic rings. The molecule has 0 rings (SSSR count). The molecule has 22 heavy (non-hydrogen) atoms. The molecule has 5 heteroatoms. The number of rotatable bonds is 14. The van der Waals surface area contributed by atoms with Crippen molar-refractivity contribution in [3.05, 3.63) is 0 Å². The molecular formula is C17H33CaNO3. The Labute approximate surface area is 166 Å². The van der Waals surface area contributed by atoms with E-state index in [-0.39, 0.29) is 44.3 Å². The molecule has 0 fully saturated rings. The monoisotopic (exact) mass is 339 g/mol. The summed E-state index contributed by atoms with van der Waals surface area (Å²) in [6, 6.07) is 0. The molecule has 4 nitrogen and oxygen atoms in total. The fraction of sp³-hybridized carbons (Fsp3) is 0.882. The molecule has 0 aromatic rings. The van der Waals surface area contributed by atoms with Gasteiger partial charge in [0, 0.05) is 44.2 Å². The third kappa shape index (κ3) is 18.4.